The lowest BCUT2D eigenvalue weighted by atomic mass is 9.95. The van der Waals surface area contributed by atoms with E-state index in [4.69, 9.17) is 27.9 Å². The third-order valence-electron chi connectivity index (χ3n) is 5.15. The fraction of sp³-hybridized carbons (Fsp3) is 0.125. The van der Waals surface area contributed by atoms with Crippen LogP contribution in [-0.2, 0) is 9.59 Å². The molecular weight excluding hydrogens is 470 g/mol. The van der Waals surface area contributed by atoms with E-state index >= 15 is 0 Å². The van der Waals surface area contributed by atoms with Crippen LogP contribution in [0, 0.1) is 5.82 Å². The number of nitrogens with zero attached hydrogens (tertiary/aromatic N) is 2. The van der Waals surface area contributed by atoms with Gasteiger partial charge in [0, 0.05) is 23.6 Å². The number of ketones is 1. The minimum atomic E-state index is -0.999. The molecule has 1 aliphatic rings. The van der Waals surface area contributed by atoms with E-state index in [2.05, 4.69) is 4.98 Å². The summed E-state index contributed by atoms with van der Waals surface area (Å²) in [6.45, 7) is 2.13. The van der Waals surface area contributed by atoms with E-state index in [1.54, 1.807) is 19.1 Å². The highest BCUT2D eigenvalue weighted by Gasteiger charge is 2.47. The Morgan fingerprint density at radius 1 is 1.09 bits per heavy atom. The molecule has 4 rings (SSSR count). The Morgan fingerprint density at radius 3 is 2.48 bits per heavy atom. The molecule has 1 saturated heterocycles. The minimum absolute atomic E-state index is 0.142. The van der Waals surface area contributed by atoms with E-state index in [0.29, 0.717) is 22.9 Å². The van der Waals surface area contributed by atoms with E-state index in [9.17, 15) is 19.1 Å². The van der Waals surface area contributed by atoms with Gasteiger partial charge in [0.25, 0.3) is 11.7 Å². The smallest absolute Gasteiger partial charge is 0.300 e. The number of carbonyl (C=O) groups excluding carboxylic acids is 2. The minimum Gasteiger partial charge on any atom is -0.507 e. The number of carbonyl (C=O) groups is 2. The van der Waals surface area contributed by atoms with Crippen LogP contribution >= 0.6 is 23.2 Å². The van der Waals surface area contributed by atoms with Gasteiger partial charge in [0.05, 0.1) is 28.3 Å². The first kappa shape index (κ1) is 22.8. The fourth-order valence-corrected chi connectivity index (χ4v) is 4.01. The quantitative estimate of drug-likeness (QED) is 0.290. The molecule has 33 heavy (non-hydrogen) atoms. The molecule has 0 spiro atoms. The number of aliphatic hydroxyl groups is 1. The molecular formula is C24H17Cl2FN2O4. The summed E-state index contributed by atoms with van der Waals surface area (Å²) in [5.41, 5.74) is 0.828. The number of anilines is 1. The van der Waals surface area contributed by atoms with E-state index in [1.807, 2.05) is 0 Å². The zero-order valence-corrected chi connectivity index (χ0v) is 18.8. The van der Waals surface area contributed by atoms with Crippen molar-refractivity contribution >= 4 is 46.3 Å². The van der Waals surface area contributed by atoms with Gasteiger partial charge in [-0.05, 0) is 61.0 Å². The Bertz CT molecular complexity index is 1280. The van der Waals surface area contributed by atoms with Crippen molar-refractivity contribution in [3.05, 3.63) is 93.5 Å². The average molecular weight is 487 g/mol. The number of benzene rings is 2. The van der Waals surface area contributed by atoms with E-state index in [0.717, 1.165) is 6.07 Å². The first-order valence-electron chi connectivity index (χ1n) is 9.92. The van der Waals surface area contributed by atoms with Crippen molar-refractivity contribution in [2.24, 2.45) is 0 Å². The number of Topliss-reactive ketones (excluding diaryl/α,β-unsaturated/α-hetero) is 1. The Labute approximate surface area is 198 Å². The number of halogens is 3. The van der Waals surface area contributed by atoms with Crippen LogP contribution in [0.2, 0.25) is 10.0 Å². The van der Waals surface area contributed by atoms with Crippen LogP contribution in [0.3, 0.4) is 0 Å². The second kappa shape index (κ2) is 9.21. The lowest BCUT2D eigenvalue weighted by Crippen LogP contribution is -2.29. The van der Waals surface area contributed by atoms with Crippen molar-refractivity contribution in [3.8, 4) is 5.75 Å². The monoisotopic (exact) mass is 486 g/mol. The molecule has 9 heteroatoms. The second-order valence-corrected chi connectivity index (χ2v) is 7.94. The van der Waals surface area contributed by atoms with Crippen LogP contribution in [0.25, 0.3) is 5.76 Å². The summed E-state index contributed by atoms with van der Waals surface area (Å²) < 4.78 is 19.2. The lowest BCUT2D eigenvalue weighted by Gasteiger charge is -2.25. The number of rotatable bonds is 5. The van der Waals surface area contributed by atoms with Crippen LogP contribution < -0.4 is 9.64 Å². The van der Waals surface area contributed by atoms with Gasteiger partial charge in [-0.3, -0.25) is 19.5 Å². The maximum atomic E-state index is 13.8. The molecule has 0 aliphatic carbocycles. The third-order valence-corrected chi connectivity index (χ3v) is 5.75. The molecule has 1 aliphatic heterocycles. The molecule has 1 amide bonds. The largest absolute Gasteiger partial charge is 0.507 e. The van der Waals surface area contributed by atoms with Crippen molar-refractivity contribution in [2.75, 3.05) is 11.5 Å². The van der Waals surface area contributed by atoms with Crippen molar-refractivity contribution in [1.82, 2.24) is 4.98 Å². The fourth-order valence-electron chi connectivity index (χ4n) is 3.67. The van der Waals surface area contributed by atoms with Gasteiger partial charge in [-0.1, -0.05) is 23.2 Å². The van der Waals surface area contributed by atoms with Gasteiger partial charge >= 0.3 is 0 Å². The van der Waals surface area contributed by atoms with Crippen LogP contribution in [0.15, 0.2) is 66.5 Å². The molecule has 2 aromatic carbocycles. The SMILES string of the molecule is CCOc1cc(/C(O)=C2\C(=O)C(=O)N(c3ccc(F)c(Cl)c3)C2c2ccncc2)ccc1Cl. The van der Waals surface area contributed by atoms with Gasteiger partial charge in [-0.15, -0.1) is 0 Å². The van der Waals surface area contributed by atoms with Gasteiger partial charge < -0.3 is 9.84 Å². The molecule has 0 radical (unpaired) electrons. The molecule has 0 bridgehead atoms. The number of hydrogen-bond acceptors (Lipinski definition) is 5. The molecule has 1 unspecified atom stereocenters. The van der Waals surface area contributed by atoms with E-state index < -0.39 is 29.3 Å². The predicted molar refractivity (Wildman–Crippen MR) is 123 cm³/mol. The average Bonchev–Trinajstić information content (AvgIpc) is 3.08. The highest BCUT2D eigenvalue weighted by Crippen LogP contribution is 2.43. The van der Waals surface area contributed by atoms with Crippen molar-refractivity contribution < 1.29 is 23.8 Å². The number of amides is 1. The maximum Gasteiger partial charge on any atom is 0.300 e. The Kier molecular flexibility index (Phi) is 6.35. The third kappa shape index (κ3) is 4.17. The molecule has 6 nitrogen and oxygen atoms in total. The molecule has 0 saturated carbocycles. The van der Waals surface area contributed by atoms with E-state index in [-0.39, 0.29) is 21.8 Å². The molecule has 1 fully saturated rings. The zero-order valence-electron chi connectivity index (χ0n) is 17.3. The van der Waals surface area contributed by atoms with Crippen molar-refractivity contribution in [3.63, 3.8) is 0 Å². The number of aromatic nitrogens is 1. The standard InChI is InChI=1S/C24H17Cl2FN2O4/c1-2-33-19-11-14(3-5-16(19)25)22(30)20-21(13-7-9-28-10-8-13)29(24(32)23(20)31)15-4-6-18(27)17(26)12-15/h3-12,21,30H,2H2,1H3/b22-20+. The van der Waals surface area contributed by atoms with Gasteiger partial charge in [0.2, 0.25) is 0 Å². The Hall–Kier alpha value is -3.42. The summed E-state index contributed by atoms with van der Waals surface area (Å²) in [6, 6.07) is 10.5. The second-order valence-electron chi connectivity index (χ2n) is 7.13. The first-order chi connectivity index (χ1) is 15.8. The lowest BCUT2D eigenvalue weighted by molar-refractivity contribution is -0.132. The molecule has 168 valence electrons. The Balaban J connectivity index is 1.93. The zero-order chi connectivity index (χ0) is 23.7. The predicted octanol–water partition coefficient (Wildman–Crippen LogP) is 5.55. The van der Waals surface area contributed by atoms with Crippen molar-refractivity contribution in [1.29, 1.82) is 0 Å². The highest BCUT2D eigenvalue weighted by molar-refractivity contribution is 6.51. The van der Waals surface area contributed by atoms with Gasteiger partial charge in [0.1, 0.15) is 17.3 Å². The molecule has 1 N–H and O–H groups in total. The van der Waals surface area contributed by atoms with Crippen LogP contribution in [-0.4, -0.2) is 28.4 Å². The summed E-state index contributed by atoms with van der Waals surface area (Å²) in [6.07, 6.45) is 3.01. The van der Waals surface area contributed by atoms with Gasteiger partial charge in [-0.25, -0.2) is 4.39 Å². The summed E-state index contributed by atoms with van der Waals surface area (Å²) in [5, 5.41) is 11.3. The molecule has 1 aromatic heterocycles. The Morgan fingerprint density at radius 2 is 1.82 bits per heavy atom. The van der Waals surface area contributed by atoms with Gasteiger partial charge in [-0.2, -0.15) is 0 Å². The highest BCUT2D eigenvalue weighted by atomic mass is 35.5. The molecule has 3 aromatic rings. The summed E-state index contributed by atoms with van der Waals surface area (Å²) in [4.78, 5) is 31.4. The normalized spacial score (nSPS) is 17.5. The number of pyridine rings is 1. The van der Waals surface area contributed by atoms with Gasteiger partial charge in [0.15, 0.2) is 0 Å². The summed E-state index contributed by atoms with van der Waals surface area (Å²) >= 11 is 12.1. The van der Waals surface area contributed by atoms with E-state index in [1.165, 1.54) is 47.6 Å². The molecule has 2 heterocycles. The molecule has 1 atom stereocenters. The van der Waals surface area contributed by atoms with Crippen LogP contribution in [0.1, 0.15) is 24.1 Å². The number of ether oxygens (including phenoxy) is 1. The first-order valence-corrected chi connectivity index (χ1v) is 10.7. The summed E-state index contributed by atoms with van der Waals surface area (Å²) in [7, 11) is 0. The number of hydrogen-bond donors (Lipinski definition) is 1. The summed E-state index contributed by atoms with van der Waals surface area (Å²) in [5.74, 6) is -2.53. The topological polar surface area (TPSA) is 79.7 Å². The maximum absolute atomic E-state index is 13.8. The van der Waals surface area contributed by atoms with Crippen molar-refractivity contribution in [2.45, 2.75) is 13.0 Å². The van der Waals surface area contributed by atoms with Crippen LogP contribution in [0.4, 0.5) is 10.1 Å². The van der Waals surface area contributed by atoms with Crippen LogP contribution in [0.5, 0.6) is 5.75 Å². The number of aliphatic hydroxyl groups excluding tert-OH is 1.